The van der Waals surface area contributed by atoms with Crippen molar-refractivity contribution in [1.29, 1.82) is 0 Å². The molecule has 4 atom stereocenters. The van der Waals surface area contributed by atoms with Crippen LogP contribution in [0, 0.1) is 29.1 Å². The van der Waals surface area contributed by atoms with Gasteiger partial charge in [0.2, 0.25) is 0 Å². The van der Waals surface area contributed by atoms with Crippen molar-refractivity contribution >= 4 is 28.8 Å². The molecule has 3 aliphatic carbocycles. The molecule has 2 amide bonds. The molecule has 0 aromatic heterocycles. The first-order valence-electron chi connectivity index (χ1n) is 9.81. The average Bonchev–Trinajstić information content (AvgIpc) is 3.32. The minimum atomic E-state index is -0.225. The Hall–Kier alpha value is -2.95. The van der Waals surface area contributed by atoms with Crippen LogP contribution in [0.25, 0.3) is 10.8 Å². The average molecular weight is 372 g/mol. The van der Waals surface area contributed by atoms with Crippen molar-refractivity contribution in [3.05, 3.63) is 54.1 Å². The number of allylic oxidation sites excluding steroid dienone is 2. The fraction of sp³-hybridized carbons (Fsp3) is 0.348. The molecule has 0 N–H and O–H groups in total. The second-order valence-corrected chi connectivity index (χ2v) is 8.36. The van der Waals surface area contributed by atoms with Gasteiger partial charge in [0, 0.05) is 5.56 Å². The van der Waals surface area contributed by atoms with Crippen LogP contribution >= 0.6 is 0 Å². The SMILES string of the molecule is COc1ccc2ccccc2c1/C=N\N1C(=O)C2C(C1=O)C1C=CC2C12CC2. The lowest BCUT2D eigenvalue weighted by Gasteiger charge is -2.18. The quantitative estimate of drug-likeness (QED) is 0.471. The highest BCUT2D eigenvalue weighted by Gasteiger charge is 2.73. The van der Waals surface area contributed by atoms with Gasteiger partial charge in [-0.2, -0.15) is 10.1 Å². The fourth-order valence-electron chi connectivity index (χ4n) is 5.88. The van der Waals surface area contributed by atoms with Crippen LogP contribution in [0.4, 0.5) is 0 Å². The van der Waals surface area contributed by atoms with Gasteiger partial charge in [0.05, 0.1) is 25.2 Å². The summed E-state index contributed by atoms with van der Waals surface area (Å²) < 4.78 is 5.49. The predicted molar refractivity (Wildman–Crippen MR) is 105 cm³/mol. The Morgan fingerprint density at radius 2 is 1.71 bits per heavy atom. The Morgan fingerprint density at radius 3 is 2.36 bits per heavy atom. The molecule has 5 nitrogen and oxygen atoms in total. The van der Waals surface area contributed by atoms with Crippen molar-refractivity contribution in [2.45, 2.75) is 12.8 Å². The first kappa shape index (κ1) is 16.0. The van der Waals surface area contributed by atoms with Crippen molar-refractivity contribution in [1.82, 2.24) is 5.01 Å². The van der Waals surface area contributed by atoms with Gasteiger partial charge in [0.15, 0.2) is 0 Å². The molecular formula is C23H20N2O3. The van der Waals surface area contributed by atoms with Gasteiger partial charge in [-0.15, -0.1) is 0 Å². The highest BCUT2D eigenvalue weighted by Crippen LogP contribution is 2.73. The zero-order chi connectivity index (χ0) is 19.0. The molecule has 0 radical (unpaired) electrons. The highest BCUT2D eigenvalue weighted by molar-refractivity contribution is 6.08. The lowest BCUT2D eigenvalue weighted by molar-refractivity contribution is -0.141. The number of rotatable bonds is 3. The van der Waals surface area contributed by atoms with Crippen molar-refractivity contribution in [3.63, 3.8) is 0 Å². The fourth-order valence-corrected chi connectivity index (χ4v) is 5.88. The van der Waals surface area contributed by atoms with E-state index in [2.05, 4.69) is 17.3 Å². The van der Waals surface area contributed by atoms with Gasteiger partial charge in [-0.25, -0.2) is 0 Å². The van der Waals surface area contributed by atoms with Crippen LogP contribution in [0.15, 0.2) is 53.7 Å². The van der Waals surface area contributed by atoms with Gasteiger partial charge < -0.3 is 4.74 Å². The maximum atomic E-state index is 13.1. The summed E-state index contributed by atoms with van der Waals surface area (Å²) in [7, 11) is 1.61. The van der Waals surface area contributed by atoms with Gasteiger partial charge in [0.25, 0.3) is 11.8 Å². The van der Waals surface area contributed by atoms with Gasteiger partial charge in [0.1, 0.15) is 5.75 Å². The van der Waals surface area contributed by atoms with E-state index >= 15 is 0 Å². The largest absolute Gasteiger partial charge is 0.496 e. The first-order chi connectivity index (χ1) is 13.7. The van der Waals surface area contributed by atoms with E-state index in [1.54, 1.807) is 13.3 Å². The molecule has 28 heavy (non-hydrogen) atoms. The molecule has 1 spiro atoms. The van der Waals surface area contributed by atoms with E-state index in [9.17, 15) is 9.59 Å². The van der Waals surface area contributed by atoms with Gasteiger partial charge in [-0.3, -0.25) is 9.59 Å². The second-order valence-electron chi connectivity index (χ2n) is 8.36. The van der Waals surface area contributed by atoms with Crippen LogP contribution < -0.4 is 4.74 Å². The Balaban J connectivity index is 1.37. The zero-order valence-corrected chi connectivity index (χ0v) is 15.5. The van der Waals surface area contributed by atoms with E-state index in [1.165, 1.54) is 0 Å². The number of hydrogen-bond acceptors (Lipinski definition) is 4. The normalized spacial score (nSPS) is 31.5. The summed E-state index contributed by atoms with van der Waals surface area (Å²) in [6.07, 6.45) is 8.22. The number of carbonyl (C=O) groups excluding carboxylic acids is 2. The summed E-state index contributed by atoms with van der Waals surface area (Å²) in [5.74, 6) is 0.355. The van der Waals surface area contributed by atoms with E-state index in [1.807, 2.05) is 36.4 Å². The molecule has 2 bridgehead atoms. The Bertz CT molecular complexity index is 1060. The number of methoxy groups -OCH3 is 1. The zero-order valence-electron chi connectivity index (χ0n) is 15.5. The van der Waals surface area contributed by atoms with Gasteiger partial charge >= 0.3 is 0 Å². The summed E-state index contributed by atoms with van der Waals surface area (Å²) in [6, 6.07) is 11.8. The molecule has 2 aromatic carbocycles. The van der Waals surface area contributed by atoms with E-state index < -0.39 is 0 Å². The number of hydrazone groups is 1. The van der Waals surface area contributed by atoms with Crippen LogP contribution in [-0.4, -0.2) is 30.1 Å². The summed E-state index contributed by atoms with van der Waals surface area (Å²) in [5.41, 5.74) is 0.980. The summed E-state index contributed by atoms with van der Waals surface area (Å²) >= 11 is 0. The van der Waals surface area contributed by atoms with E-state index in [0.717, 1.165) is 34.2 Å². The molecule has 5 heteroatoms. The minimum Gasteiger partial charge on any atom is -0.496 e. The highest BCUT2D eigenvalue weighted by atomic mass is 16.5. The number of hydrogen-bond donors (Lipinski definition) is 0. The summed E-state index contributed by atoms with van der Waals surface area (Å²) in [4.78, 5) is 26.1. The van der Waals surface area contributed by atoms with Crippen molar-refractivity contribution < 1.29 is 14.3 Å². The smallest absolute Gasteiger partial charge is 0.254 e. The maximum Gasteiger partial charge on any atom is 0.254 e. The Kier molecular flexibility index (Phi) is 3.04. The lowest BCUT2D eigenvalue weighted by atomic mass is 9.85. The number of amides is 2. The molecule has 3 fully saturated rings. The monoisotopic (exact) mass is 372 g/mol. The van der Waals surface area contributed by atoms with Crippen LogP contribution in [0.2, 0.25) is 0 Å². The number of ether oxygens (including phenoxy) is 1. The molecule has 4 aliphatic rings. The minimum absolute atomic E-state index is 0.145. The first-order valence-corrected chi connectivity index (χ1v) is 9.81. The van der Waals surface area contributed by atoms with Crippen LogP contribution in [0.1, 0.15) is 18.4 Å². The van der Waals surface area contributed by atoms with Gasteiger partial charge in [-0.1, -0.05) is 42.5 Å². The molecule has 1 saturated heterocycles. The Labute approximate surface area is 162 Å². The van der Waals surface area contributed by atoms with Crippen LogP contribution in [-0.2, 0) is 9.59 Å². The molecule has 1 heterocycles. The second kappa shape index (κ2) is 5.31. The molecule has 2 aromatic rings. The summed E-state index contributed by atoms with van der Waals surface area (Å²) in [5, 5.41) is 7.50. The van der Waals surface area contributed by atoms with Crippen LogP contribution in [0.3, 0.4) is 0 Å². The number of fused-ring (bicyclic) bond motifs is 4. The molecule has 4 unspecified atom stereocenters. The predicted octanol–water partition coefficient (Wildman–Crippen LogP) is 3.38. The van der Waals surface area contributed by atoms with E-state index in [-0.39, 0.29) is 40.9 Å². The number of nitrogens with zero attached hydrogens (tertiary/aromatic N) is 2. The third-order valence-corrected chi connectivity index (χ3v) is 7.28. The standard InChI is InChI=1S/C23H20N2O3/c1-28-18-9-6-13-4-2-3-5-14(13)15(18)12-24-25-21(26)19-16-7-8-17(20(19)22(25)27)23(16)10-11-23/h2-9,12,16-17,19-20H,10-11H2,1H3/b24-12-. The number of benzene rings is 2. The number of imide groups is 1. The summed E-state index contributed by atoms with van der Waals surface area (Å²) in [6.45, 7) is 0. The van der Waals surface area contributed by atoms with Crippen molar-refractivity contribution in [2.24, 2.45) is 34.2 Å². The number of carbonyl (C=O) groups is 2. The van der Waals surface area contributed by atoms with E-state index in [4.69, 9.17) is 4.74 Å². The molecule has 1 aliphatic heterocycles. The van der Waals surface area contributed by atoms with Crippen molar-refractivity contribution in [2.75, 3.05) is 7.11 Å². The maximum absolute atomic E-state index is 13.1. The molecular weight excluding hydrogens is 352 g/mol. The molecule has 140 valence electrons. The Morgan fingerprint density at radius 1 is 1.04 bits per heavy atom. The molecule has 6 rings (SSSR count). The third-order valence-electron chi connectivity index (χ3n) is 7.28. The van der Waals surface area contributed by atoms with E-state index in [0.29, 0.717) is 5.75 Å². The van der Waals surface area contributed by atoms with Crippen molar-refractivity contribution in [3.8, 4) is 5.75 Å². The van der Waals surface area contributed by atoms with Crippen LogP contribution in [0.5, 0.6) is 5.75 Å². The lowest BCUT2D eigenvalue weighted by Crippen LogP contribution is -2.30. The third kappa shape index (κ3) is 1.84. The topological polar surface area (TPSA) is 59.0 Å². The molecule has 2 saturated carbocycles. The van der Waals surface area contributed by atoms with Gasteiger partial charge in [-0.05, 0) is 46.9 Å².